The molecule has 2 fully saturated rings. The van der Waals surface area contributed by atoms with E-state index in [1.54, 1.807) is 0 Å². The summed E-state index contributed by atoms with van der Waals surface area (Å²) in [6.45, 7) is 9.81. The summed E-state index contributed by atoms with van der Waals surface area (Å²) in [7, 11) is 0. The molecule has 0 aromatic rings. The van der Waals surface area contributed by atoms with Crippen LogP contribution in [0.25, 0.3) is 0 Å². The van der Waals surface area contributed by atoms with Crippen LogP contribution in [-0.2, 0) is 0 Å². The van der Waals surface area contributed by atoms with E-state index in [2.05, 4.69) is 16.4 Å². The molecule has 0 aromatic heterocycles. The molecular formula is C13H23ClN2. The van der Waals surface area contributed by atoms with Crippen LogP contribution in [0.15, 0.2) is 12.2 Å². The van der Waals surface area contributed by atoms with Gasteiger partial charge in [-0.3, -0.25) is 9.80 Å². The maximum Gasteiger partial charge on any atom is 0.0443 e. The van der Waals surface area contributed by atoms with Gasteiger partial charge < -0.3 is 0 Å². The molecule has 1 saturated carbocycles. The largest absolute Gasteiger partial charge is 0.298 e. The summed E-state index contributed by atoms with van der Waals surface area (Å²) in [6, 6.07) is 0.887. The van der Waals surface area contributed by atoms with Crippen molar-refractivity contribution in [2.45, 2.75) is 31.7 Å². The molecular weight excluding hydrogens is 220 g/mol. The molecule has 1 aliphatic heterocycles. The Bertz CT molecular complexity index is 228. The lowest BCUT2D eigenvalue weighted by atomic mass is 10.1. The van der Waals surface area contributed by atoms with Crippen LogP contribution >= 0.6 is 11.6 Å². The average Bonchev–Trinajstić information content (AvgIpc) is 2.83. The van der Waals surface area contributed by atoms with Gasteiger partial charge in [0.25, 0.3) is 0 Å². The second kappa shape index (κ2) is 6.04. The topological polar surface area (TPSA) is 6.48 Å². The van der Waals surface area contributed by atoms with Crippen molar-refractivity contribution in [3.05, 3.63) is 12.2 Å². The highest BCUT2D eigenvalue weighted by molar-refractivity contribution is 6.19. The minimum atomic E-state index is 0.600. The van der Waals surface area contributed by atoms with E-state index in [-0.39, 0.29) is 0 Å². The number of halogens is 1. The van der Waals surface area contributed by atoms with Gasteiger partial charge in [-0.1, -0.05) is 19.4 Å². The van der Waals surface area contributed by atoms with Crippen molar-refractivity contribution in [2.75, 3.05) is 38.6 Å². The Balaban J connectivity index is 1.71. The SMILES string of the molecule is C=C(CCl)CN1CCN(C2CCCC2)CC1. The fourth-order valence-electron chi connectivity index (χ4n) is 2.91. The molecule has 16 heavy (non-hydrogen) atoms. The third-order valence-electron chi connectivity index (χ3n) is 3.88. The van der Waals surface area contributed by atoms with E-state index in [0.29, 0.717) is 5.88 Å². The lowest BCUT2D eigenvalue weighted by Gasteiger charge is -2.38. The van der Waals surface area contributed by atoms with Crippen molar-refractivity contribution in [3.8, 4) is 0 Å². The first-order valence-corrected chi connectivity index (χ1v) is 7.02. The third-order valence-corrected chi connectivity index (χ3v) is 4.26. The van der Waals surface area contributed by atoms with Gasteiger partial charge in [-0.25, -0.2) is 0 Å². The van der Waals surface area contributed by atoms with Crippen molar-refractivity contribution in [1.29, 1.82) is 0 Å². The Morgan fingerprint density at radius 1 is 1.12 bits per heavy atom. The molecule has 0 spiro atoms. The Labute approximate surface area is 104 Å². The van der Waals surface area contributed by atoms with E-state index in [4.69, 9.17) is 11.6 Å². The van der Waals surface area contributed by atoms with Gasteiger partial charge in [-0.05, 0) is 18.4 Å². The maximum absolute atomic E-state index is 5.77. The summed E-state index contributed by atoms with van der Waals surface area (Å²) < 4.78 is 0. The first kappa shape index (κ1) is 12.4. The average molecular weight is 243 g/mol. The second-order valence-corrected chi connectivity index (χ2v) is 5.40. The zero-order valence-electron chi connectivity index (χ0n) is 10.1. The summed E-state index contributed by atoms with van der Waals surface area (Å²) >= 11 is 5.77. The van der Waals surface area contributed by atoms with Crippen molar-refractivity contribution < 1.29 is 0 Å². The van der Waals surface area contributed by atoms with Crippen LogP contribution in [0, 0.1) is 0 Å². The molecule has 1 aliphatic carbocycles. The number of nitrogens with zero attached hydrogens (tertiary/aromatic N) is 2. The van der Waals surface area contributed by atoms with Crippen LogP contribution in [0.2, 0.25) is 0 Å². The number of rotatable bonds is 4. The highest BCUT2D eigenvalue weighted by atomic mass is 35.5. The molecule has 0 radical (unpaired) electrons. The smallest absolute Gasteiger partial charge is 0.0443 e. The van der Waals surface area contributed by atoms with Gasteiger partial charge in [0.2, 0.25) is 0 Å². The van der Waals surface area contributed by atoms with E-state index in [0.717, 1.165) is 18.2 Å². The van der Waals surface area contributed by atoms with Crippen molar-refractivity contribution in [1.82, 2.24) is 9.80 Å². The van der Waals surface area contributed by atoms with E-state index in [9.17, 15) is 0 Å². The number of alkyl halides is 1. The fourth-order valence-corrected chi connectivity index (χ4v) is 3.00. The predicted molar refractivity (Wildman–Crippen MR) is 70.1 cm³/mol. The quantitative estimate of drug-likeness (QED) is 0.552. The minimum Gasteiger partial charge on any atom is -0.298 e. The van der Waals surface area contributed by atoms with Gasteiger partial charge in [0.15, 0.2) is 0 Å². The maximum atomic E-state index is 5.77. The van der Waals surface area contributed by atoms with Gasteiger partial charge in [0.05, 0.1) is 0 Å². The molecule has 0 amide bonds. The van der Waals surface area contributed by atoms with Crippen LogP contribution in [0.3, 0.4) is 0 Å². The molecule has 0 N–H and O–H groups in total. The zero-order valence-corrected chi connectivity index (χ0v) is 10.9. The van der Waals surface area contributed by atoms with Crippen LogP contribution in [0.4, 0.5) is 0 Å². The Morgan fingerprint density at radius 3 is 2.31 bits per heavy atom. The van der Waals surface area contributed by atoms with Gasteiger partial charge >= 0.3 is 0 Å². The molecule has 1 heterocycles. The monoisotopic (exact) mass is 242 g/mol. The van der Waals surface area contributed by atoms with E-state index in [1.165, 1.54) is 51.9 Å². The number of hydrogen-bond donors (Lipinski definition) is 0. The lowest BCUT2D eigenvalue weighted by Crippen LogP contribution is -2.50. The molecule has 2 aliphatic rings. The summed E-state index contributed by atoms with van der Waals surface area (Å²) in [4.78, 5) is 5.17. The van der Waals surface area contributed by atoms with Crippen LogP contribution in [0.1, 0.15) is 25.7 Å². The molecule has 2 rings (SSSR count). The standard InChI is InChI=1S/C13H23ClN2/c1-12(10-14)11-15-6-8-16(9-7-15)13-4-2-3-5-13/h13H,1-11H2. The molecule has 3 heteroatoms. The molecule has 0 atom stereocenters. The highest BCUT2D eigenvalue weighted by Gasteiger charge is 2.25. The number of hydrogen-bond acceptors (Lipinski definition) is 2. The van der Waals surface area contributed by atoms with Gasteiger partial charge in [0.1, 0.15) is 0 Å². The molecule has 0 bridgehead atoms. The van der Waals surface area contributed by atoms with Crippen molar-refractivity contribution in [3.63, 3.8) is 0 Å². The normalized spacial score (nSPS) is 25.1. The van der Waals surface area contributed by atoms with Crippen molar-refractivity contribution in [2.24, 2.45) is 0 Å². The summed E-state index contributed by atoms with van der Waals surface area (Å²) in [6.07, 6.45) is 5.73. The molecule has 92 valence electrons. The molecule has 1 saturated heterocycles. The Kier molecular flexibility index (Phi) is 4.68. The van der Waals surface area contributed by atoms with Crippen LogP contribution in [-0.4, -0.2) is 54.4 Å². The Morgan fingerprint density at radius 2 is 1.75 bits per heavy atom. The summed E-state index contributed by atoms with van der Waals surface area (Å²) in [5.41, 5.74) is 1.15. The summed E-state index contributed by atoms with van der Waals surface area (Å²) in [5.74, 6) is 0.600. The molecule has 0 unspecified atom stereocenters. The molecule has 2 nitrogen and oxygen atoms in total. The fraction of sp³-hybridized carbons (Fsp3) is 0.846. The van der Waals surface area contributed by atoms with Crippen molar-refractivity contribution >= 4 is 11.6 Å². The lowest BCUT2D eigenvalue weighted by molar-refractivity contribution is 0.104. The Hall–Kier alpha value is -0.0500. The molecule has 0 aromatic carbocycles. The van der Waals surface area contributed by atoms with E-state index >= 15 is 0 Å². The highest BCUT2D eigenvalue weighted by Crippen LogP contribution is 2.24. The minimum absolute atomic E-state index is 0.600. The first-order chi connectivity index (χ1) is 7.79. The van der Waals surface area contributed by atoms with Crippen LogP contribution in [0.5, 0.6) is 0 Å². The first-order valence-electron chi connectivity index (χ1n) is 6.48. The zero-order chi connectivity index (χ0) is 11.4. The summed E-state index contributed by atoms with van der Waals surface area (Å²) in [5, 5.41) is 0. The predicted octanol–water partition coefficient (Wildman–Crippen LogP) is 2.34. The van der Waals surface area contributed by atoms with E-state index < -0.39 is 0 Å². The van der Waals surface area contributed by atoms with Gasteiger partial charge in [0, 0.05) is 44.6 Å². The van der Waals surface area contributed by atoms with E-state index in [1.807, 2.05) is 0 Å². The van der Waals surface area contributed by atoms with Crippen LogP contribution < -0.4 is 0 Å². The number of piperazine rings is 1. The third kappa shape index (κ3) is 3.22. The van der Waals surface area contributed by atoms with Gasteiger partial charge in [-0.15, -0.1) is 11.6 Å². The second-order valence-electron chi connectivity index (χ2n) is 5.13. The van der Waals surface area contributed by atoms with Gasteiger partial charge in [-0.2, -0.15) is 0 Å².